The average Bonchev–Trinajstić information content (AvgIpc) is 2.75. The van der Waals surface area contributed by atoms with Crippen molar-refractivity contribution in [3.63, 3.8) is 0 Å². The summed E-state index contributed by atoms with van der Waals surface area (Å²) in [7, 11) is 1.64. The molecule has 1 atom stereocenters. The summed E-state index contributed by atoms with van der Waals surface area (Å²) in [5, 5.41) is 0. The fourth-order valence-corrected chi connectivity index (χ4v) is 2.45. The smallest absolute Gasteiger partial charge is 0.410 e. The molecule has 0 aliphatic carbocycles. The largest absolute Gasteiger partial charge is 0.497 e. The molecule has 1 amide bonds. The zero-order valence-corrected chi connectivity index (χ0v) is 12.1. The first kappa shape index (κ1) is 14.7. The van der Waals surface area contributed by atoms with Gasteiger partial charge in [-0.2, -0.15) is 0 Å². The number of methoxy groups -OCH3 is 1. The third kappa shape index (κ3) is 3.04. The normalized spacial score (nSPS) is 21.9. The van der Waals surface area contributed by atoms with Crippen LogP contribution in [0.25, 0.3) is 0 Å². The van der Waals surface area contributed by atoms with Crippen molar-refractivity contribution in [3.05, 3.63) is 29.8 Å². The molecule has 1 unspecified atom stereocenters. The van der Waals surface area contributed by atoms with E-state index < -0.39 is 0 Å². The summed E-state index contributed by atoms with van der Waals surface area (Å²) >= 11 is 0. The fourth-order valence-electron chi connectivity index (χ4n) is 2.45. The highest BCUT2D eigenvalue weighted by Gasteiger charge is 2.42. The number of rotatable bonds is 6. The molecule has 0 saturated carbocycles. The quantitative estimate of drug-likeness (QED) is 0.866. The van der Waals surface area contributed by atoms with Crippen molar-refractivity contribution in [2.75, 3.05) is 20.3 Å². The van der Waals surface area contributed by atoms with Crippen molar-refractivity contribution in [3.8, 4) is 5.75 Å². The number of nitrogens with zero attached hydrogens (tertiary/aromatic N) is 1. The third-order valence-electron chi connectivity index (χ3n) is 3.80. The van der Waals surface area contributed by atoms with E-state index >= 15 is 0 Å². The van der Waals surface area contributed by atoms with Gasteiger partial charge < -0.3 is 15.2 Å². The molecule has 1 aromatic carbocycles. The molecule has 1 saturated heterocycles. The van der Waals surface area contributed by atoms with Gasteiger partial charge in [0, 0.05) is 6.54 Å². The van der Waals surface area contributed by atoms with Crippen LogP contribution in [0.1, 0.15) is 25.3 Å². The lowest BCUT2D eigenvalue weighted by atomic mass is 9.95. The summed E-state index contributed by atoms with van der Waals surface area (Å²) in [6.45, 7) is 3.66. The Morgan fingerprint density at radius 1 is 1.40 bits per heavy atom. The van der Waals surface area contributed by atoms with Gasteiger partial charge in [0.25, 0.3) is 0 Å². The summed E-state index contributed by atoms with van der Waals surface area (Å²) in [4.78, 5) is 13.7. The number of carbonyl (C=O) groups excluding carboxylic acids is 1. The molecule has 20 heavy (non-hydrogen) atoms. The molecule has 0 spiro atoms. The molecule has 0 bridgehead atoms. The maximum atomic E-state index is 11.9. The first-order valence-electron chi connectivity index (χ1n) is 6.86. The number of hydrogen-bond donors (Lipinski definition) is 1. The van der Waals surface area contributed by atoms with Gasteiger partial charge in [0.2, 0.25) is 0 Å². The van der Waals surface area contributed by atoms with Gasteiger partial charge in [-0.25, -0.2) is 4.79 Å². The van der Waals surface area contributed by atoms with Gasteiger partial charge in [0.05, 0.1) is 12.6 Å². The van der Waals surface area contributed by atoms with E-state index in [0.717, 1.165) is 24.2 Å². The molecule has 0 radical (unpaired) electrons. The third-order valence-corrected chi connectivity index (χ3v) is 3.80. The van der Waals surface area contributed by atoms with Gasteiger partial charge in [-0.15, -0.1) is 0 Å². The lowest BCUT2D eigenvalue weighted by Gasteiger charge is -2.32. The molecule has 1 fully saturated rings. The minimum absolute atomic E-state index is 0.250. The molecule has 5 nitrogen and oxygen atoms in total. The highest BCUT2D eigenvalue weighted by Crippen LogP contribution is 2.30. The summed E-state index contributed by atoms with van der Waals surface area (Å²) < 4.78 is 10.4. The molecular formula is C15H22N2O3. The lowest BCUT2D eigenvalue weighted by Crippen LogP contribution is -2.44. The standard InChI is InChI=1S/C15H22N2O3/c1-15(8-3-9-16)11-20-14(18)17(15)10-12-4-6-13(19-2)7-5-12/h4-7H,3,8-11,16H2,1-2H3. The number of carbonyl (C=O) groups is 1. The van der Waals surface area contributed by atoms with E-state index in [2.05, 4.69) is 6.92 Å². The van der Waals surface area contributed by atoms with E-state index in [1.165, 1.54) is 0 Å². The predicted molar refractivity (Wildman–Crippen MR) is 76.6 cm³/mol. The van der Waals surface area contributed by atoms with Gasteiger partial charge in [0.15, 0.2) is 0 Å². The first-order valence-corrected chi connectivity index (χ1v) is 6.86. The highest BCUT2D eigenvalue weighted by molar-refractivity contribution is 5.71. The van der Waals surface area contributed by atoms with Gasteiger partial charge >= 0.3 is 6.09 Å². The maximum Gasteiger partial charge on any atom is 0.410 e. The zero-order valence-electron chi connectivity index (χ0n) is 12.1. The van der Waals surface area contributed by atoms with Crippen LogP contribution in [0.4, 0.5) is 4.79 Å². The van der Waals surface area contributed by atoms with Gasteiger partial charge in [-0.3, -0.25) is 4.90 Å². The molecule has 110 valence electrons. The number of hydrogen-bond acceptors (Lipinski definition) is 4. The van der Waals surface area contributed by atoms with Crippen molar-refractivity contribution in [2.24, 2.45) is 5.73 Å². The monoisotopic (exact) mass is 278 g/mol. The Hall–Kier alpha value is -1.75. The van der Waals surface area contributed by atoms with Crippen molar-refractivity contribution in [1.82, 2.24) is 4.90 Å². The van der Waals surface area contributed by atoms with E-state index in [-0.39, 0.29) is 11.6 Å². The molecular weight excluding hydrogens is 256 g/mol. The van der Waals surface area contributed by atoms with Crippen LogP contribution in [-0.4, -0.2) is 36.8 Å². The summed E-state index contributed by atoms with van der Waals surface area (Å²) in [6.07, 6.45) is 1.48. The summed E-state index contributed by atoms with van der Waals surface area (Å²) in [5.74, 6) is 0.809. The molecule has 2 N–H and O–H groups in total. The molecule has 1 aromatic rings. The topological polar surface area (TPSA) is 64.8 Å². The number of cyclic esters (lactones) is 1. The van der Waals surface area contributed by atoms with E-state index in [1.807, 2.05) is 24.3 Å². The molecule has 5 heteroatoms. The lowest BCUT2D eigenvalue weighted by molar-refractivity contribution is 0.147. The SMILES string of the molecule is COc1ccc(CN2C(=O)OCC2(C)CCCN)cc1. The Bertz CT molecular complexity index is 461. The first-order chi connectivity index (χ1) is 9.59. The van der Waals surface area contributed by atoms with Gasteiger partial charge in [0.1, 0.15) is 12.4 Å². The van der Waals surface area contributed by atoms with Gasteiger partial charge in [-0.05, 0) is 44.0 Å². The van der Waals surface area contributed by atoms with E-state index in [0.29, 0.717) is 19.7 Å². The second-order valence-corrected chi connectivity index (χ2v) is 5.38. The second-order valence-electron chi connectivity index (χ2n) is 5.38. The van der Waals surface area contributed by atoms with Crippen LogP contribution < -0.4 is 10.5 Å². The van der Waals surface area contributed by atoms with Crippen LogP contribution in [-0.2, 0) is 11.3 Å². The summed E-state index contributed by atoms with van der Waals surface area (Å²) in [6, 6.07) is 7.73. The number of benzene rings is 1. The molecule has 2 rings (SSSR count). The Morgan fingerprint density at radius 2 is 2.10 bits per heavy atom. The van der Waals surface area contributed by atoms with Crippen LogP contribution in [0.3, 0.4) is 0 Å². The summed E-state index contributed by atoms with van der Waals surface area (Å²) in [5.41, 5.74) is 6.36. The van der Waals surface area contributed by atoms with E-state index in [1.54, 1.807) is 12.0 Å². The van der Waals surface area contributed by atoms with Gasteiger partial charge in [-0.1, -0.05) is 12.1 Å². The minimum Gasteiger partial charge on any atom is -0.497 e. The Balaban J connectivity index is 2.09. The van der Waals surface area contributed by atoms with E-state index in [4.69, 9.17) is 15.2 Å². The van der Waals surface area contributed by atoms with E-state index in [9.17, 15) is 4.79 Å². The number of nitrogens with two attached hydrogens (primary N) is 1. The highest BCUT2D eigenvalue weighted by atomic mass is 16.6. The Kier molecular flexibility index (Phi) is 4.49. The zero-order chi connectivity index (χ0) is 14.6. The molecule has 0 aromatic heterocycles. The predicted octanol–water partition coefficient (Wildman–Crippen LogP) is 2.15. The van der Waals surface area contributed by atoms with Crippen LogP contribution in [0.15, 0.2) is 24.3 Å². The van der Waals surface area contributed by atoms with Crippen molar-refractivity contribution >= 4 is 6.09 Å². The Morgan fingerprint density at radius 3 is 2.70 bits per heavy atom. The number of ether oxygens (including phenoxy) is 2. The molecule has 1 aliphatic rings. The van der Waals surface area contributed by atoms with Crippen LogP contribution >= 0.6 is 0 Å². The van der Waals surface area contributed by atoms with Crippen LogP contribution in [0, 0.1) is 0 Å². The maximum absolute atomic E-state index is 11.9. The average molecular weight is 278 g/mol. The van der Waals surface area contributed by atoms with Crippen LogP contribution in [0.5, 0.6) is 5.75 Å². The van der Waals surface area contributed by atoms with Crippen molar-refractivity contribution < 1.29 is 14.3 Å². The molecule has 1 heterocycles. The fraction of sp³-hybridized carbons (Fsp3) is 0.533. The Labute approximate surface area is 119 Å². The second kappa shape index (κ2) is 6.13. The van der Waals surface area contributed by atoms with Crippen LogP contribution in [0.2, 0.25) is 0 Å². The van der Waals surface area contributed by atoms with Crippen molar-refractivity contribution in [2.45, 2.75) is 31.8 Å². The number of amides is 1. The minimum atomic E-state index is -0.267. The van der Waals surface area contributed by atoms with Crippen molar-refractivity contribution in [1.29, 1.82) is 0 Å². The molecule has 1 aliphatic heterocycles.